The molecule has 1 heterocycles. The van der Waals surface area contributed by atoms with Gasteiger partial charge in [0.05, 0.1) is 6.61 Å². The lowest BCUT2D eigenvalue weighted by Crippen LogP contribution is -2.48. The lowest BCUT2D eigenvalue weighted by molar-refractivity contribution is 0.211. The lowest BCUT2D eigenvalue weighted by Gasteiger charge is -2.30. The Labute approximate surface area is 128 Å². The monoisotopic (exact) mass is 288 g/mol. The minimum absolute atomic E-state index is 0.180. The number of hydrogen-bond donors (Lipinski definition) is 3. The van der Waals surface area contributed by atoms with Crippen LogP contribution in [0.25, 0.3) is 0 Å². The van der Waals surface area contributed by atoms with Gasteiger partial charge in [0.25, 0.3) is 0 Å². The average Bonchev–Trinajstić information content (AvgIpc) is 3.18. The Morgan fingerprint density at radius 2 is 2.00 bits per heavy atom. The van der Waals surface area contributed by atoms with Crippen molar-refractivity contribution in [2.24, 2.45) is 5.92 Å². The third-order valence-corrected chi connectivity index (χ3v) is 5.18. The second kappa shape index (κ2) is 7.39. The zero-order valence-corrected chi connectivity index (χ0v) is 12.8. The topological polar surface area (TPSA) is 44.3 Å². The summed E-state index contributed by atoms with van der Waals surface area (Å²) in [6, 6.07) is 11.9. The van der Waals surface area contributed by atoms with Crippen LogP contribution in [0.2, 0.25) is 0 Å². The van der Waals surface area contributed by atoms with Gasteiger partial charge < -0.3 is 15.7 Å². The first kappa shape index (κ1) is 15.0. The van der Waals surface area contributed by atoms with E-state index in [1.807, 2.05) is 6.07 Å². The van der Waals surface area contributed by atoms with Crippen molar-refractivity contribution < 1.29 is 5.11 Å². The van der Waals surface area contributed by atoms with Crippen molar-refractivity contribution in [1.82, 2.24) is 10.6 Å². The van der Waals surface area contributed by atoms with E-state index in [0.717, 1.165) is 12.3 Å². The van der Waals surface area contributed by atoms with Crippen molar-refractivity contribution >= 4 is 0 Å². The highest BCUT2D eigenvalue weighted by atomic mass is 16.3. The number of hydrogen-bond acceptors (Lipinski definition) is 3. The molecule has 3 rings (SSSR count). The molecule has 0 radical (unpaired) electrons. The Morgan fingerprint density at radius 1 is 1.14 bits per heavy atom. The van der Waals surface area contributed by atoms with Crippen LogP contribution < -0.4 is 10.6 Å². The smallest absolute Gasteiger partial charge is 0.0587 e. The second-order valence-electron chi connectivity index (χ2n) is 6.64. The van der Waals surface area contributed by atoms with Gasteiger partial charge in [0.15, 0.2) is 0 Å². The normalized spacial score (nSPS) is 30.6. The van der Waals surface area contributed by atoms with E-state index < -0.39 is 0 Å². The number of aliphatic hydroxyl groups is 1. The highest BCUT2D eigenvalue weighted by Crippen LogP contribution is 2.32. The molecule has 3 N–H and O–H groups in total. The number of rotatable bonds is 6. The minimum atomic E-state index is 0.180. The molecule has 1 saturated carbocycles. The minimum Gasteiger partial charge on any atom is -0.395 e. The lowest BCUT2D eigenvalue weighted by atomic mass is 9.92. The van der Waals surface area contributed by atoms with Crippen LogP contribution in [0.5, 0.6) is 0 Å². The van der Waals surface area contributed by atoms with Gasteiger partial charge in [0, 0.05) is 18.1 Å². The zero-order chi connectivity index (χ0) is 14.5. The molecule has 0 bridgehead atoms. The SMILES string of the molecule is OC[C@@H](Cc1ccccc1)NC1CCCC1C1CCCN1. The molecule has 1 aromatic carbocycles. The number of aliphatic hydroxyl groups excluding tert-OH is 1. The summed E-state index contributed by atoms with van der Waals surface area (Å²) < 4.78 is 0. The number of nitrogens with one attached hydrogen (secondary N) is 2. The van der Waals surface area contributed by atoms with Crippen molar-refractivity contribution in [3.05, 3.63) is 35.9 Å². The van der Waals surface area contributed by atoms with Crippen LogP contribution in [0, 0.1) is 5.92 Å². The van der Waals surface area contributed by atoms with Gasteiger partial charge in [-0.3, -0.25) is 0 Å². The third kappa shape index (κ3) is 3.85. The highest BCUT2D eigenvalue weighted by molar-refractivity contribution is 5.16. The van der Waals surface area contributed by atoms with Crippen molar-refractivity contribution in [2.75, 3.05) is 13.2 Å². The molecule has 116 valence electrons. The first-order valence-electron chi connectivity index (χ1n) is 8.51. The first-order valence-corrected chi connectivity index (χ1v) is 8.51. The molecule has 0 spiro atoms. The van der Waals surface area contributed by atoms with Crippen LogP contribution in [0.4, 0.5) is 0 Å². The highest BCUT2D eigenvalue weighted by Gasteiger charge is 2.35. The van der Waals surface area contributed by atoms with Crippen molar-refractivity contribution in [2.45, 2.75) is 56.7 Å². The maximum atomic E-state index is 9.72. The summed E-state index contributed by atoms with van der Waals surface area (Å²) in [5, 5.41) is 17.1. The molecule has 2 aliphatic rings. The molecule has 3 unspecified atom stereocenters. The number of benzene rings is 1. The quantitative estimate of drug-likeness (QED) is 0.751. The summed E-state index contributed by atoms with van der Waals surface area (Å²) in [6.45, 7) is 1.40. The summed E-state index contributed by atoms with van der Waals surface area (Å²) in [4.78, 5) is 0. The standard InChI is InChI=1S/C18H28N2O/c21-13-15(12-14-6-2-1-3-7-14)20-18-9-4-8-16(18)17-10-5-11-19-17/h1-3,6-7,15-21H,4-5,8-13H2/t15-,16?,17?,18?/m1/s1. The molecule has 0 aromatic heterocycles. The molecular formula is C18H28N2O. The molecular weight excluding hydrogens is 260 g/mol. The second-order valence-corrected chi connectivity index (χ2v) is 6.64. The Balaban J connectivity index is 1.57. The van der Waals surface area contributed by atoms with Crippen LogP contribution in [0.1, 0.15) is 37.7 Å². The molecule has 21 heavy (non-hydrogen) atoms. The van der Waals surface area contributed by atoms with Crippen LogP contribution >= 0.6 is 0 Å². The van der Waals surface area contributed by atoms with E-state index in [4.69, 9.17) is 0 Å². The summed E-state index contributed by atoms with van der Waals surface area (Å²) in [5.74, 6) is 0.748. The fourth-order valence-electron chi connectivity index (χ4n) is 4.13. The van der Waals surface area contributed by atoms with E-state index in [2.05, 4.69) is 34.9 Å². The van der Waals surface area contributed by atoms with Gasteiger partial charge in [0.1, 0.15) is 0 Å². The Morgan fingerprint density at radius 3 is 2.71 bits per heavy atom. The average molecular weight is 288 g/mol. The Kier molecular flexibility index (Phi) is 5.28. The van der Waals surface area contributed by atoms with E-state index in [9.17, 15) is 5.11 Å². The maximum absolute atomic E-state index is 9.72. The Hall–Kier alpha value is -0.900. The van der Waals surface area contributed by atoms with Crippen molar-refractivity contribution in [3.63, 3.8) is 0 Å². The molecule has 2 fully saturated rings. The Bertz CT molecular complexity index is 416. The molecule has 1 aromatic rings. The molecule has 3 heteroatoms. The summed E-state index contributed by atoms with van der Waals surface area (Å²) >= 11 is 0. The van der Waals surface area contributed by atoms with E-state index in [0.29, 0.717) is 12.1 Å². The summed E-state index contributed by atoms with van der Waals surface area (Å²) in [5.41, 5.74) is 1.30. The fraction of sp³-hybridized carbons (Fsp3) is 0.667. The maximum Gasteiger partial charge on any atom is 0.0587 e. The van der Waals surface area contributed by atoms with Crippen LogP contribution in [-0.4, -0.2) is 36.4 Å². The van der Waals surface area contributed by atoms with Crippen molar-refractivity contribution in [3.8, 4) is 0 Å². The molecule has 1 aliphatic carbocycles. The molecule has 3 nitrogen and oxygen atoms in total. The molecule has 1 saturated heterocycles. The summed E-state index contributed by atoms with van der Waals surface area (Å²) in [7, 11) is 0. The van der Waals surface area contributed by atoms with Crippen LogP contribution in [0.3, 0.4) is 0 Å². The van der Waals surface area contributed by atoms with Gasteiger partial charge in [-0.05, 0) is 50.1 Å². The summed E-state index contributed by atoms with van der Waals surface area (Å²) in [6.07, 6.45) is 7.47. The zero-order valence-electron chi connectivity index (χ0n) is 12.8. The van der Waals surface area contributed by atoms with Gasteiger partial charge >= 0.3 is 0 Å². The van der Waals surface area contributed by atoms with Crippen LogP contribution in [-0.2, 0) is 6.42 Å². The van der Waals surface area contributed by atoms with E-state index in [1.165, 1.54) is 44.2 Å². The van der Waals surface area contributed by atoms with Crippen LogP contribution in [0.15, 0.2) is 30.3 Å². The largest absolute Gasteiger partial charge is 0.395 e. The van der Waals surface area contributed by atoms with E-state index in [1.54, 1.807) is 0 Å². The van der Waals surface area contributed by atoms with E-state index in [-0.39, 0.29) is 12.6 Å². The predicted molar refractivity (Wildman–Crippen MR) is 86.3 cm³/mol. The van der Waals surface area contributed by atoms with Crippen molar-refractivity contribution in [1.29, 1.82) is 0 Å². The molecule has 0 amide bonds. The fourth-order valence-corrected chi connectivity index (χ4v) is 4.13. The molecule has 4 atom stereocenters. The van der Waals surface area contributed by atoms with Gasteiger partial charge in [-0.15, -0.1) is 0 Å². The van der Waals surface area contributed by atoms with Gasteiger partial charge in [0.2, 0.25) is 0 Å². The van der Waals surface area contributed by atoms with Gasteiger partial charge in [-0.2, -0.15) is 0 Å². The third-order valence-electron chi connectivity index (χ3n) is 5.18. The van der Waals surface area contributed by atoms with Gasteiger partial charge in [-0.1, -0.05) is 36.8 Å². The predicted octanol–water partition coefficient (Wildman–Crippen LogP) is 2.10. The van der Waals surface area contributed by atoms with Gasteiger partial charge in [-0.25, -0.2) is 0 Å². The first-order chi connectivity index (χ1) is 10.4. The molecule has 1 aliphatic heterocycles. The van der Waals surface area contributed by atoms with E-state index >= 15 is 0 Å².